The summed E-state index contributed by atoms with van der Waals surface area (Å²) in [7, 11) is 1.61. The number of fused-ring (bicyclic) bond motifs is 1. The first-order valence-corrected chi connectivity index (χ1v) is 10.6. The molecule has 0 fully saturated rings. The molecule has 2 aromatic heterocycles. The third-order valence-electron chi connectivity index (χ3n) is 5.39. The number of methoxy groups -OCH3 is 1. The van der Waals surface area contributed by atoms with Gasteiger partial charge in [-0.25, -0.2) is 9.78 Å². The summed E-state index contributed by atoms with van der Waals surface area (Å²) >= 11 is 0. The molecule has 0 aliphatic carbocycles. The van der Waals surface area contributed by atoms with Crippen LogP contribution in [-0.4, -0.2) is 53.0 Å². The number of nitrogens with zero attached hydrogens (tertiary/aromatic N) is 2. The number of carbonyl (C=O) groups excluding carboxylic acids is 2. The smallest absolute Gasteiger partial charge is 0.410 e. The lowest BCUT2D eigenvalue weighted by atomic mass is 9.99. The molecule has 1 aliphatic rings. The van der Waals surface area contributed by atoms with Crippen LogP contribution in [0.3, 0.4) is 0 Å². The largest absolute Gasteiger partial charge is 0.496 e. The quantitative estimate of drug-likeness (QED) is 0.581. The van der Waals surface area contributed by atoms with Gasteiger partial charge in [-0.2, -0.15) is 0 Å². The molecule has 0 radical (unpaired) electrons. The SMILES string of the molecule is COc1ccc(C=O)cc1-c1ccnc2[nH]c(C3=CCN(C(=O)OC(C)(C)C)CC3)cc12. The third kappa shape index (κ3) is 4.37. The molecule has 0 unspecified atom stereocenters. The van der Waals surface area contributed by atoms with Crippen LogP contribution in [0.1, 0.15) is 43.2 Å². The number of rotatable bonds is 4. The number of nitrogens with one attached hydrogen (secondary N) is 1. The topological polar surface area (TPSA) is 84.5 Å². The number of ether oxygens (including phenoxy) is 2. The van der Waals surface area contributed by atoms with Gasteiger partial charge in [0.1, 0.15) is 23.3 Å². The lowest BCUT2D eigenvalue weighted by Gasteiger charge is -2.29. The highest BCUT2D eigenvalue weighted by Crippen LogP contribution is 2.36. The lowest BCUT2D eigenvalue weighted by Crippen LogP contribution is -2.39. The summed E-state index contributed by atoms with van der Waals surface area (Å²) in [5.41, 5.74) is 4.69. The second kappa shape index (κ2) is 8.49. The predicted molar refractivity (Wildman–Crippen MR) is 124 cm³/mol. The molecule has 3 aromatic rings. The van der Waals surface area contributed by atoms with Crippen LogP contribution in [0.4, 0.5) is 4.79 Å². The number of amides is 1. The Kier molecular flexibility index (Phi) is 5.74. The van der Waals surface area contributed by atoms with Crippen molar-refractivity contribution in [1.82, 2.24) is 14.9 Å². The summed E-state index contributed by atoms with van der Waals surface area (Å²) in [6, 6.07) is 9.35. The van der Waals surface area contributed by atoms with E-state index in [4.69, 9.17) is 9.47 Å². The normalized spacial score (nSPS) is 14.2. The molecule has 0 bridgehead atoms. The van der Waals surface area contributed by atoms with Gasteiger partial charge in [0.15, 0.2) is 0 Å². The van der Waals surface area contributed by atoms with Crippen molar-refractivity contribution in [1.29, 1.82) is 0 Å². The summed E-state index contributed by atoms with van der Waals surface area (Å²) in [6.07, 6.45) is 5.03. The van der Waals surface area contributed by atoms with Crippen molar-refractivity contribution >= 4 is 29.0 Å². The van der Waals surface area contributed by atoms with Crippen molar-refractivity contribution in [2.45, 2.75) is 32.8 Å². The zero-order valence-corrected chi connectivity index (χ0v) is 18.8. The average molecular weight is 434 g/mol. The third-order valence-corrected chi connectivity index (χ3v) is 5.39. The molecule has 4 rings (SSSR count). The Morgan fingerprint density at radius 3 is 2.66 bits per heavy atom. The Morgan fingerprint density at radius 1 is 1.19 bits per heavy atom. The fourth-order valence-electron chi connectivity index (χ4n) is 3.85. The van der Waals surface area contributed by atoms with E-state index in [2.05, 4.69) is 16.0 Å². The Hall–Kier alpha value is -3.61. The van der Waals surface area contributed by atoms with Gasteiger partial charge in [-0.15, -0.1) is 0 Å². The van der Waals surface area contributed by atoms with E-state index >= 15 is 0 Å². The van der Waals surface area contributed by atoms with Crippen molar-refractivity contribution in [3.05, 3.63) is 53.9 Å². The molecular weight excluding hydrogens is 406 g/mol. The molecule has 166 valence electrons. The average Bonchev–Trinajstić information content (AvgIpc) is 3.22. The standard InChI is InChI=1S/C25H27N3O4/c1-25(2,3)32-24(30)28-11-8-17(9-12-28)21-14-20-18(7-10-26-23(20)27-21)19-13-16(15-29)5-6-22(19)31-4/h5-8,10,13-15H,9,11-12H2,1-4H3,(H,26,27). The molecule has 1 aliphatic heterocycles. The second-order valence-corrected chi connectivity index (χ2v) is 8.79. The summed E-state index contributed by atoms with van der Waals surface area (Å²) in [6.45, 7) is 6.68. The first kappa shape index (κ1) is 21.6. The Bertz CT molecular complexity index is 1200. The fourth-order valence-corrected chi connectivity index (χ4v) is 3.85. The van der Waals surface area contributed by atoms with E-state index in [1.165, 1.54) is 0 Å². The van der Waals surface area contributed by atoms with Crippen LogP contribution in [-0.2, 0) is 4.74 Å². The maximum atomic E-state index is 12.3. The van der Waals surface area contributed by atoms with Gasteiger partial charge in [-0.1, -0.05) is 6.08 Å². The second-order valence-electron chi connectivity index (χ2n) is 8.79. The van der Waals surface area contributed by atoms with Gasteiger partial charge in [0, 0.05) is 41.5 Å². The number of aldehydes is 1. The van der Waals surface area contributed by atoms with E-state index in [9.17, 15) is 9.59 Å². The minimum atomic E-state index is -0.511. The first-order valence-electron chi connectivity index (χ1n) is 10.6. The highest BCUT2D eigenvalue weighted by molar-refractivity contribution is 5.97. The van der Waals surface area contributed by atoms with Crippen LogP contribution in [0.25, 0.3) is 27.7 Å². The number of hydrogen-bond donors (Lipinski definition) is 1. The molecule has 1 amide bonds. The van der Waals surface area contributed by atoms with Crippen molar-refractivity contribution in [2.24, 2.45) is 0 Å². The van der Waals surface area contributed by atoms with Crippen molar-refractivity contribution in [3.8, 4) is 16.9 Å². The maximum absolute atomic E-state index is 12.3. The minimum Gasteiger partial charge on any atom is -0.496 e. The minimum absolute atomic E-state index is 0.296. The van der Waals surface area contributed by atoms with E-state index < -0.39 is 5.60 Å². The molecule has 0 atom stereocenters. The summed E-state index contributed by atoms with van der Waals surface area (Å²) in [4.78, 5) is 33.2. The molecule has 1 N–H and O–H groups in total. The number of benzene rings is 1. The number of hydrogen-bond acceptors (Lipinski definition) is 5. The van der Waals surface area contributed by atoms with Gasteiger partial charge in [0.25, 0.3) is 0 Å². The molecule has 0 spiro atoms. The Balaban J connectivity index is 1.65. The zero-order valence-electron chi connectivity index (χ0n) is 18.8. The fraction of sp³-hybridized carbons (Fsp3) is 0.320. The summed E-state index contributed by atoms with van der Waals surface area (Å²) < 4.78 is 11.0. The molecule has 3 heterocycles. The van der Waals surface area contributed by atoms with Crippen LogP contribution < -0.4 is 4.74 Å². The van der Waals surface area contributed by atoms with Gasteiger partial charge < -0.3 is 19.4 Å². The van der Waals surface area contributed by atoms with Gasteiger partial charge >= 0.3 is 6.09 Å². The molecule has 7 heteroatoms. The van der Waals surface area contributed by atoms with Crippen LogP contribution in [0, 0.1) is 0 Å². The number of aromatic nitrogens is 2. The van der Waals surface area contributed by atoms with Crippen LogP contribution in [0.2, 0.25) is 0 Å². The summed E-state index contributed by atoms with van der Waals surface area (Å²) in [5, 5.41) is 0.944. The van der Waals surface area contributed by atoms with Gasteiger partial charge in [0.2, 0.25) is 0 Å². The van der Waals surface area contributed by atoms with Gasteiger partial charge in [-0.3, -0.25) is 4.79 Å². The van der Waals surface area contributed by atoms with Crippen molar-refractivity contribution in [2.75, 3.05) is 20.2 Å². The molecule has 0 saturated carbocycles. The lowest BCUT2D eigenvalue weighted by molar-refractivity contribution is 0.0270. The van der Waals surface area contributed by atoms with Gasteiger partial charge in [0.05, 0.1) is 7.11 Å². The van der Waals surface area contributed by atoms with Crippen molar-refractivity contribution in [3.63, 3.8) is 0 Å². The monoisotopic (exact) mass is 433 g/mol. The highest BCUT2D eigenvalue weighted by atomic mass is 16.6. The van der Waals surface area contributed by atoms with Crippen LogP contribution >= 0.6 is 0 Å². The molecule has 0 saturated heterocycles. The first-order chi connectivity index (χ1) is 15.3. The number of pyridine rings is 1. The zero-order chi connectivity index (χ0) is 22.9. The van der Waals surface area contributed by atoms with E-state index in [-0.39, 0.29) is 6.09 Å². The molecular formula is C25H27N3O4. The maximum Gasteiger partial charge on any atom is 0.410 e. The highest BCUT2D eigenvalue weighted by Gasteiger charge is 2.24. The molecule has 1 aromatic carbocycles. The molecule has 7 nitrogen and oxygen atoms in total. The van der Waals surface area contributed by atoms with E-state index in [0.717, 1.165) is 39.7 Å². The van der Waals surface area contributed by atoms with E-state index in [1.54, 1.807) is 30.3 Å². The van der Waals surface area contributed by atoms with Crippen LogP contribution in [0.15, 0.2) is 42.6 Å². The van der Waals surface area contributed by atoms with Gasteiger partial charge in [-0.05, 0) is 68.7 Å². The predicted octanol–water partition coefficient (Wildman–Crippen LogP) is 5.08. The number of H-pyrrole nitrogens is 1. The molecule has 32 heavy (non-hydrogen) atoms. The van der Waals surface area contributed by atoms with E-state index in [0.29, 0.717) is 30.8 Å². The van der Waals surface area contributed by atoms with E-state index in [1.807, 2.05) is 39.0 Å². The van der Waals surface area contributed by atoms with Crippen LogP contribution in [0.5, 0.6) is 5.75 Å². The number of aromatic amines is 1. The van der Waals surface area contributed by atoms with Crippen molar-refractivity contribution < 1.29 is 19.1 Å². The Morgan fingerprint density at radius 2 is 2.00 bits per heavy atom. The number of carbonyl (C=O) groups is 2. The Labute approximate surface area is 187 Å². The summed E-state index contributed by atoms with van der Waals surface area (Å²) in [5.74, 6) is 0.690.